The number of nitrogens with zero attached hydrogens (tertiary/aromatic N) is 5. The van der Waals surface area contributed by atoms with Crippen molar-refractivity contribution in [3.8, 4) is 28.3 Å². The number of anilines is 3. The highest BCUT2D eigenvalue weighted by Gasteiger charge is 2.30. The summed E-state index contributed by atoms with van der Waals surface area (Å²) in [4.78, 5) is 37.5. The maximum atomic E-state index is 13.2. The number of hydrogen-bond acceptors (Lipinski definition) is 9. The second kappa shape index (κ2) is 10.5. The predicted octanol–water partition coefficient (Wildman–Crippen LogP) is 3.60. The van der Waals surface area contributed by atoms with Gasteiger partial charge in [-0.15, -0.1) is 10.2 Å². The largest absolute Gasteiger partial charge is 0.494 e. The monoisotopic (exact) mass is 517 g/mol. The van der Waals surface area contributed by atoms with Gasteiger partial charge in [0.2, 0.25) is 11.9 Å². The molecule has 1 aliphatic carbocycles. The van der Waals surface area contributed by atoms with Gasteiger partial charge in [0.1, 0.15) is 0 Å². The Hall–Kier alpha value is -5.00. The molecule has 1 fully saturated rings. The fourth-order valence-corrected chi connectivity index (χ4v) is 3.69. The molecule has 0 bridgehead atoms. The third-order valence-corrected chi connectivity index (χ3v) is 5.76. The molecule has 1 saturated carbocycles. The Morgan fingerprint density at radius 1 is 1.03 bits per heavy atom. The van der Waals surface area contributed by atoms with Crippen LogP contribution in [0.5, 0.6) is 5.75 Å². The Balaban J connectivity index is 1.48. The van der Waals surface area contributed by atoms with Gasteiger partial charge in [0.15, 0.2) is 23.1 Å². The Bertz CT molecular complexity index is 1600. The number of methoxy groups -OCH3 is 1. The Morgan fingerprint density at radius 2 is 1.82 bits per heavy atom. The van der Waals surface area contributed by atoms with Crippen molar-refractivity contribution in [2.75, 3.05) is 24.7 Å². The number of para-hydroxylation sites is 1. The quantitative estimate of drug-likeness (QED) is 0.299. The van der Waals surface area contributed by atoms with E-state index in [2.05, 4.69) is 35.8 Å². The lowest BCUT2D eigenvalue weighted by Gasteiger charge is -2.16. The van der Waals surface area contributed by atoms with E-state index in [0.717, 1.165) is 12.8 Å². The van der Waals surface area contributed by atoms with Crippen LogP contribution in [0, 0.1) is 11.9 Å². The smallest absolute Gasteiger partial charge is 0.273 e. The first kappa shape index (κ1) is 21.1. The van der Waals surface area contributed by atoms with Crippen molar-refractivity contribution in [2.45, 2.75) is 12.8 Å². The van der Waals surface area contributed by atoms with Gasteiger partial charge in [-0.2, -0.15) is 4.39 Å². The van der Waals surface area contributed by atoms with Gasteiger partial charge < -0.3 is 20.7 Å². The molecule has 0 radical (unpaired) electrons. The Labute approximate surface area is 221 Å². The van der Waals surface area contributed by atoms with Crippen molar-refractivity contribution in [1.82, 2.24) is 30.5 Å². The number of halogens is 1. The average Bonchev–Trinajstić information content (AvgIpc) is 3.79. The van der Waals surface area contributed by atoms with Crippen LogP contribution in [-0.4, -0.2) is 51.0 Å². The molecule has 12 heteroatoms. The molecular weight excluding hydrogens is 491 g/mol. The highest BCUT2D eigenvalue weighted by atomic mass is 19.1. The molecule has 3 heterocycles. The normalized spacial score (nSPS) is 14.0. The molecule has 0 atom stereocenters. The lowest BCUT2D eigenvalue weighted by molar-refractivity contribution is -0.117. The van der Waals surface area contributed by atoms with E-state index in [4.69, 9.17) is 8.85 Å². The summed E-state index contributed by atoms with van der Waals surface area (Å²) in [5.74, 6) is -1.21. The zero-order valence-corrected chi connectivity index (χ0v) is 20.0. The van der Waals surface area contributed by atoms with Crippen molar-refractivity contribution in [2.24, 2.45) is 5.92 Å². The van der Waals surface area contributed by atoms with Crippen molar-refractivity contribution >= 4 is 29.0 Å². The first-order valence-electron chi connectivity index (χ1n) is 13.0. The van der Waals surface area contributed by atoms with Gasteiger partial charge in [0.05, 0.1) is 24.0 Å². The molecule has 3 N–H and O–H groups in total. The fraction of sp³-hybridized carbons (Fsp3) is 0.192. The first-order chi connectivity index (χ1) is 19.6. The first-order valence-corrected chi connectivity index (χ1v) is 11.5. The summed E-state index contributed by atoms with van der Waals surface area (Å²) in [6.07, 6.45) is 6.06. The third-order valence-electron chi connectivity index (χ3n) is 5.76. The molecule has 2 amide bonds. The minimum atomic E-state index is -2.76. The number of hydrogen-bond donors (Lipinski definition) is 3. The van der Waals surface area contributed by atoms with Crippen LogP contribution in [0.15, 0.2) is 55.0 Å². The molecule has 0 saturated heterocycles. The Morgan fingerprint density at radius 3 is 2.50 bits per heavy atom. The van der Waals surface area contributed by atoms with Crippen LogP contribution in [0.3, 0.4) is 0 Å². The summed E-state index contributed by atoms with van der Waals surface area (Å²) in [7, 11) is 1.44. The number of carbonyl (C=O) groups is 2. The minimum absolute atomic E-state index is 0.0726. The average molecular weight is 518 g/mol. The van der Waals surface area contributed by atoms with Crippen molar-refractivity contribution in [1.29, 1.82) is 0 Å². The van der Waals surface area contributed by atoms with E-state index in [1.807, 2.05) is 5.32 Å². The predicted molar refractivity (Wildman–Crippen MR) is 137 cm³/mol. The van der Waals surface area contributed by atoms with Crippen molar-refractivity contribution < 1.29 is 22.8 Å². The van der Waals surface area contributed by atoms with Crippen LogP contribution < -0.4 is 20.7 Å². The highest BCUT2D eigenvalue weighted by Crippen LogP contribution is 2.37. The Kier molecular flexibility index (Phi) is 5.86. The van der Waals surface area contributed by atoms with Gasteiger partial charge in [0, 0.05) is 52.8 Å². The molecule has 0 aliphatic heterocycles. The van der Waals surface area contributed by atoms with Crippen LogP contribution in [0.1, 0.15) is 27.4 Å². The molecule has 38 heavy (non-hydrogen) atoms. The molecule has 3 aromatic heterocycles. The molecule has 1 aromatic carbocycles. The summed E-state index contributed by atoms with van der Waals surface area (Å²) in [6.45, 7) is -2.76. The van der Waals surface area contributed by atoms with Gasteiger partial charge in [-0.05, 0) is 37.1 Å². The molecule has 4 aromatic rings. The molecule has 5 rings (SSSR count). The maximum absolute atomic E-state index is 13.2. The second-order valence-corrected chi connectivity index (χ2v) is 8.39. The number of rotatable bonds is 8. The number of carbonyl (C=O) groups excluding carboxylic acids is 2. The number of pyridine rings is 1. The van der Waals surface area contributed by atoms with Crippen molar-refractivity contribution in [3.05, 3.63) is 66.6 Å². The molecule has 0 spiro atoms. The number of amides is 2. The molecule has 11 nitrogen and oxygen atoms in total. The zero-order chi connectivity index (χ0) is 29.1. The van der Waals surface area contributed by atoms with E-state index in [-0.39, 0.29) is 29.0 Å². The fourth-order valence-electron chi connectivity index (χ4n) is 3.69. The second-order valence-electron chi connectivity index (χ2n) is 8.39. The lowest BCUT2D eigenvalue weighted by atomic mass is 10.1. The van der Waals surface area contributed by atoms with Gasteiger partial charge in [-0.25, -0.2) is 15.0 Å². The van der Waals surface area contributed by atoms with Crippen LogP contribution in [0.4, 0.5) is 21.6 Å². The number of ether oxygens (including phenoxy) is 1. The van der Waals surface area contributed by atoms with E-state index >= 15 is 0 Å². The topological polar surface area (TPSA) is 144 Å². The van der Waals surface area contributed by atoms with Crippen LogP contribution in [0.2, 0.25) is 0 Å². The van der Waals surface area contributed by atoms with E-state index in [9.17, 15) is 14.0 Å². The molecule has 1 aliphatic rings. The summed E-state index contributed by atoms with van der Waals surface area (Å²) in [6, 6.07) is 9.28. The molecule has 192 valence electrons. The molecular formula is C26H23FN8O3. The van der Waals surface area contributed by atoms with Crippen LogP contribution in [-0.2, 0) is 4.79 Å². The standard InChI is InChI=1S/C26H23FN8O3/c1-28-26(37)22-19(10-21(34-35-22)33-25(36)14-6-7-14)32-18-5-3-4-17(23(18)38-2)24-30-12-16(13-31-24)15-8-9-20(27)29-11-15/h3-5,8-14H,6-7H2,1-2H3,(H,28,37)(H2,32,33,34,36)/i1D3. The molecule has 0 unspecified atom stereocenters. The number of nitrogens with one attached hydrogen (secondary N) is 3. The zero-order valence-electron chi connectivity index (χ0n) is 23.0. The summed E-state index contributed by atoms with van der Waals surface area (Å²) < 4.78 is 41.0. The minimum Gasteiger partial charge on any atom is -0.494 e. The number of aromatic nitrogens is 5. The van der Waals surface area contributed by atoms with E-state index in [0.29, 0.717) is 34.0 Å². The van der Waals surface area contributed by atoms with Gasteiger partial charge in [-0.1, -0.05) is 6.07 Å². The highest BCUT2D eigenvalue weighted by molar-refractivity contribution is 6.00. The number of benzene rings is 1. The van der Waals surface area contributed by atoms with E-state index < -0.39 is 18.8 Å². The van der Waals surface area contributed by atoms with Gasteiger partial charge in [-0.3, -0.25) is 9.59 Å². The summed E-state index contributed by atoms with van der Waals surface area (Å²) >= 11 is 0. The van der Waals surface area contributed by atoms with Crippen LogP contribution >= 0.6 is 0 Å². The van der Waals surface area contributed by atoms with Gasteiger partial charge >= 0.3 is 0 Å². The maximum Gasteiger partial charge on any atom is 0.273 e. The lowest BCUT2D eigenvalue weighted by Crippen LogP contribution is -2.22. The van der Waals surface area contributed by atoms with E-state index in [1.54, 1.807) is 36.7 Å². The SMILES string of the molecule is [2H]C([2H])([2H])NC(=O)c1nnc(NC(=O)C2CC2)cc1Nc1cccc(-c2ncc(-c3ccc(F)nc3)cn2)c1OC. The summed E-state index contributed by atoms with van der Waals surface area (Å²) in [5.41, 5.74) is 1.89. The van der Waals surface area contributed by atoms with E-state index in [1.165, 1.54) is 25.4 Å². The van der Waals surface area contributed by atoms with Crippen LogP contribution in [0.25, 0.3) is 22.5 Å². The summed E-state index contributed by atoms with van der Waals surface area (Å²) in [5, 5.41) is 15.4. The van der Waals surface area contributed by atoms with Gasteiger partial charge in [0.25, 0.3) is 5.91 Å². The van der Waals surface area contributed by atoms with Crippen molar-refractivity contribution in [3.63, 3.8) is 0 Å². The third kappa shape index (κ3) is 5.24.